The summed E-state index contributed by atoms with van der Waals surface area (Å²) in [7, 11) is 0. The van der Waals surface area contributed by atoms with Gasteiger partial charge in [-0.2, -0.15) is 0 Å². The van der Waals surface area contributed by atoms with E-state index in [9.17, 15) is 4.91 Å². The van der Waals surface area contributed by atoms with Gasteiger partial charge in [0.1, 0.15) is 0 Å². The number of hydrogen-bond donors (Lipinski definition) is 0. The average molecular weight is 213 g/mol. The Bertz CT molecular complexity index is 238. The Labute approximate surface area is 88.1 Å². The van der Waals surface area contributed by atoms with E-state index in [0.29, 0.717) is 6.04 Å². The highest BCUT2D eigenvalue weighted by Gasteiger charge is 2.26. The third-order valence-corrected chi connectivity index (χ3v) is 3.74. The number of thioether (sulfide) groups is 1. The molecule has 0 aromatic carbocycles. The van der Waals surface area contributed by atoms with Gasteiger partial charge in [0.15, 0.2) is 5.17 Å². The predicted molar refractivity (Wildman–Crippen MR) is 59.3 cm³/mol. The standard InChI is InChI=1S/C9H15N3OS/c13-11-12(9-10-6-7-14-9)8-4-2-1-3-5-8/h8H,1-7H2. The van der Waals surface area contributed by atoms with E-state index < -0.39 is 0 Å². The zero-order valence-corrected chi connectivity index (χ0v) is 9.00. The number of hydrogen-bond acceptors (Lipinski definition) is 4. The second-order valence-electron chi connectivity index (χ2n) is 3.73. The summed E-state index contributed by atoms with van der Waals surface area (Å²) < 4.78 is 0. The molecular weight excluding hydrogens is 198 g/mol. The van der Waals surface area contributed by atoms with E-state index in [-0.39, 0.29) is 0 Å². The second-order valence-corrected chi connectivity index (χ2v) is 4.79. The molecule has 1 aliphatic carbocycles. The molecule has 0 N–H and O–H groups in total. The number of rotatable bonds is 2. The minimum Gasteiger partial charge on any atom is -0.260 e. The number of aliphatic imine (C=N–C) groups is 1. The molecule has 1 aliphatic heterocycles. The molecule has 1 heterocycles. The maximum atomic E-state index is 10.8. The molecule has 0 saturated heterocycles. The lowest BCUT2D eigenvalue weighted by Crippen LogP contribution is -2.35. The maximum Gasteiger partial charge on any atom is 0.182 e. The van der Waals surface area contributed by atoms with Crippen molar-refractivity contribution in [3.8, 4) is 0 Å². The van der Waals surface area contributed by atoms with Crippen LogP contribution in [0, 0.1) is 4.91 Å². The van der Waals surface area contributed by atoms with E-state index in [1.54, 1.807) is 16.8 Å². The zero-order chi connectivity index (χ0) is 9.80. The monoisotopic (exact) mass is 213 g/mol. The molecule has 78 valence electrons. The molecule has 0 aromatic heterocycles. The van der Waals surface area contributed by atoms with Gasteiger partial charge in [-0.3, -0.25) is 4.99 Å². The van der Waals surface area contributed by atoms with Crippen molar-refractivity contribution in [2.24, 2.45) is 10.3 Å². The van der Waals surface area contributed by atoms with Crippen LogP contribution in [0.25, 0.3) is 0 Å². The van der Waals surface area contributed by atoms with Crippen molar-refractivity contribution >= 4 is 16.9 Å². The first-order valence-corrected chi connectivity index (χ1v) is 6.20. The number of amidine groups is 1. The van der Waals surface area contributed by atoms with Crippen LogP contribution in [0.15, 0.2) is 10.3 Å². The van der Waals surface area contributed by atoms with Gasteiger partial charge in [-0.25, -0.2) is 5.01 Å². The SMILES string of the molecule is O=NN(C1=NCCS1)C1CCCCC1. The smallest absolute Gasteiger partial charge is 0.182 e. The quantitative estimate of drug-likeness (QED) is 0.522. The van der Waals surface area contributed by atoms with Crippen LogP contribution in [0.4, 0.5) is 0 Å². The Morgan fingerprint density at radius 2 is 2.14 bits per heavy atom. The molecule has 0 amide bonds. The topological polar surface area (TPSA) is 45.0 Å². The Hall–Kier alpha value is -0.580. The van der Waals surface area contributed by atoms with Crippen LogP contribution in [0.5, 0.6) is 0 Å². The van der Waals surface area contributed by atoms with Crippen LogP contribution >= 0.6 is 11.8 Å². The van der Waals surface area contributed by atoms with Gasteiger partial charge < -0.3 is 0 Å². The summed E-state index contributed by atoms with van der Waals surface area (Å²) in [6, 6.07) is 0.311. The Morgan fingerprint density at radius 3 is 2.71 bits per heavy atom. The summed E-state index contributed by atoms with van der Waals surface area (Å²) in [5.74, 6) is 0.994. The third kappa shape index (κ3) is 2.08. The molecule has 0 radical (unpaired) electrons. The molecule has 0 spiro atoms. The largest absolute Gasteiger partial charge is 0.260 e. The van der Waals surface area contributed by atoms with Crippen LogP contribution in [0.1, 0.15) is 32.1 Å². The van der Waals surface area contributed by atoms with Gasteiger partial charge in [0.25, 0.3) is 0 Å². The van der Waals surface area contributed by atoms with E-state index >= 15 is 0 Å². The predicted octanol–water partition coefficient (Wildman–Crippen LogP) is 2.41. The van der Waals surface area contributed by atoms with E-state index in [1.807, 2.05) is 0 Å². The van der Waals surface area contributed by atoms with Crippen LogP contribution in [0.3, 0.4) is 0 Å². The molecule has 1 fully saturated rings. The molecule has 2 rings (SSSR count). The normalized spacial score (nSPS) is 23.3. The van der Waals surface area contributed by atoms with Crippen molar-refractivity contribution in [3.05, 3.63) is 4.91 Å². The second kappa shape index (κ2) is 4.77. The van der Waals surface area contributed by atoms with Crippen molar-refractivity contribution in [2.75, 3.05) is 12.3 Å². The minimum atomic E-state index is 0.311. The highest BCUT2D eigenvalue weighted by molar-refractivity contribution is 8.14. The average Bonchev–Trinajstić information content (AvgIpc) is 2.74. The molecule has 0 bridgehead atoms. The fourth-order valence-electron chi connectivity index (χ4n) is 2.05. The molecule has 4 nitrogen and oxygen atoms in total. The van der Waals surface area contributed by atoms with Crippen molar-refractivity contribution in [2.45, 2.75) is 38.1 Å². The molecule has 5 heteroatoms. The Balaban J connectivity index is 2.00. The Kier molecular flexibility index (Phi) is 3.39. The van der Waals surface area contributed by atoms with Gasteiger partial charge in [-0.1, -0.05) is 31.0 Å². The van der Waals surface area contributed by atoms with E-state index in [2.05, 4.69) is 10.3 Å². The fourth-order valence-corrected chi connectivity index (χ4v) is 2.91. The van der Waals surface area contributed by atoms with Gasteiger partial charge in [0.05, 0.1) is 17.9 Å². The van der Waals surface area contributed by atoms with Gasteiger partial charge in [-0.05, 0) is 12.8 Å². The van der Waals surface area contributed by atoms with Crippen molar-refractivity contribution in [1.82, 2.24) is 5.01 Å². The lowest BCUT2D eigenvalue weighted by molar-refractivity contribution is 0.253. The summed E-state index contributed by atoms with van der Waals surface area (Å²) in [6.45, 7) is 0.832. The summed E-state index contributed by atoms with van der Waals surface area (Å²) in [4.78, 5) is 15.1. The third-order valence-electron chi connectivity index (χ3n) is 2.77. The van der Waals surface area contributed by atoms with Crippen LogP contribution in [-0.4, -0.2) is 28.5 Å². The Morgan fingerprint density at radius 1 is 1.36 bits per heavy atom. The van der Waals surface area contributed by atoms with Crippen molar-refractivity contribution in [1.29, 1.82) is 0 Å². The minimum absolute atomic E-state index is 0.311. The lowest BCUT2D eigenvalue weighted by Gasteiger charge is -2.28. The first kappa shape index (κ1) is 9.96. The van der Waals surface area contributed by atoms with Gasteiger partial charge in [-0.15, -0.1) is 4.91 Å². The van der Waals surface area contributed by atoms with Crippen LogP contribution in [0.2, 0.25) is 0 Å². The first-order chi connectivity index (χ1) is 6.92. The number of nitroso groups, excluding NO2 is 1. The van der Waals surface area contributed by atoms with Gasteiger partial charge in [0, 0.05) is 5.75 Å². The molecule has 1 saturated carbocycles. The van der Waals surface area contributed by atoms with E-state index in [1.165, 1.54) is 19.3 Å². The lowest BCUT2D eigenvalue weighted by atomic mass is 9.95. The van der Waals surface area contributed by atoms with Gasteiger partial charge >= 0.3 is 0 Å². The maximum absolute atomic E-state index is 10.8. The van der Waals surface area contributed by atoms with Crippen molar-refractivity contribution in [3.63, 3.8) is 0 Å². The van der Waals surface area contributed by atoms with Crippen molar-refractivity contribution < 1.29 is 0 Å². The molecule has 14 heavy (non-hydrogen) atoms. The van der Waals surface area contributed by atoms with Crippen LogP contribution < -0.4 is 0 Å². The van der Waals surface area contributed by atoms with Gasteiger partial charge in [0.2, 0.25) is 0 Å². The highest BCUT2D eigenvalue weighted by Crippen LogP contribution is 2.27. The van der Waals surface area contributed by atoms with E-state index in [4.69, 9.17) is 0 Å². The fraction of sp³-hybridized carbons (Fsp3) is 0.889. The molecular formula is C9H15N3OS. The molecule has 0 unspecified atom stereocenters. The van der Waals surface area contributed by atoms with E-state index in [0.717, 1.165) is 30.3 Å². The first-order valence-electron chi connectivity index (χ1n) is 5.21. The zero-order valence-electron chi connectivity index (χ0n) is 8.19. The summed E-state index contributed by atoms with van der Waals surface area (Å²) in [5, 5.41) is 5.57. The number of nitrogens with zero attached hydrogens (tertiary/aromatic N) is 3. The summed E-state index contributed by atoms with van der Waals surface area (Å²) >= 11 is 1.65. The molecule has 0 aromatic rings. The van der Waals surface area contributed by atoms with Crippen LogP contribution in [-0.2, 0) is 0 Å². The summed E-state index contributed by atoms with van der Waals surface area (Å²) in [5.41, 5.74) is 0. The highest BCUT2D eigenvalue weighted by atomic mass is 32.2. The molecule has 0 atom stereocenters. The summed E-state index contributed by atoms with van der Waals surface area (Å²) in [6.07, 6.45) is 5.91. The molecule has 2 aliphatic rings.